The van der Waals surface area contributed by atoms with Gasteiger partial charge >= 0.3 is 0 Å². The summed E-state index contributed by atoms with van der Waals surface area (Å²) in [5.41, 5.74) is 7.91. The van der Waals surface area contributed by atoms with Crippen LogP contribution in [0.25, 0.3) is 0 Å². The zero-order chi connectivity index (χ0) is 15.3. The largest absolute Gasteiger partial charge is 0.497 e. The molecule has 1 atom stereocenters. The Kier molecular flexibility index (Phi) is 5.65. The zero-order valence-electron chi connectivity index (χ0n) is 13.8. The van der Waals surface area contributed by atoms with Crippen LogP contribution < -0.4 is 10.5 Å². The van der Waals surface area contributed by atoms with Crippen molar-refractivity contribution >= 4 is 0 Å². The summed E-state index contributed by atoms with van der Waals surface area (Å²) < 4.78 is 5.35. The smallest absolute Gasteiger partial charge is 0.119 e. The summed E-state index contributed by atoms with van der Waals surface area (Å²) in [6.07, 6.45) is 5.18. The van der Waals surface area contributed by atoms with Crippen molar-refractivity contribution in [3.05, 3.63) is 29.8 Å². The van der Waals surface area contributed by atoms with Gasteiger partial charge in [-0.25, -0.2) is 0 Å². The number of likely N-dealkylation sites (tertiary alicyclic amines) is 1. The highest BCUT2D eigenvalue weighted by Gasteiger charge is 2.33. The standard InChI is InChI=1S/C18H30N2O/c1-4-18(5-2)9-11-20(12-10-18)17(14-19)15-7-6-8-16(13-15)21-3/h6-8,13,17H,4-5,9-12,14,19H2,1-3H3. The van der Waals surface area contributed by atoms with E-state index in [1.165, 1.54) is 31.2 Å². The minimum Gasteiger partial charge on any atom is -0.497 e. The lowest BCUT2D eigenvalue weighted by molar-refractivity contribution is 0.0679. The molecule has 0 radical (unpaired) electrons. The Morgan fingerprint density at radius 3 is 2.43 bits per heavy atom. The number of hydrogen-bond acceptors (Lipinski definition) is 3. The summed E-state index contributed by atoms with van der Waals surface area (Å²) in [6.45, 7) is 7.64. The van der Waals surface area contributed by atoms with Crippen molar-refractivity contribution in [2.75, 3.05) is 26.7 Å². The van der Waals surface area contributed by atoms with Crippen molar-refractivity contribution in [2.24, 2.45) is 11.1 Å². The van der Waals surface area contributed by atoms with Crippen LogP contribution in [0.5, 0.6) is 5.75 Å². The maximum absolute atomic E-state index is 6.08. The van der Waals surface area contributed by atoms with E-state index < -0.39 is 0 Å². The summed E-state index contributed by atoms with van der Waals surface area (Å²) in [4.78, 5) is 2.55. The first-order chi connectivity index (χ1) is 10.2. The monoisotopic (exact) mass is 290 g/mol. The van der Waals surface area contributed by atoms with Gasteiger partial charge in [-0.15, -0.1) is 0 Å². The Labute approximate surface area is 129 Å². The molecule has 1 fully saturated rings. The normalized spacial score (nSPS) is 20.2. The van der Waals surface area contributed by atoms with Crippen LogP contribution in [-0.2, 0) is 0 Å². The molecule has 1 aromatic carbocycles. The van der Waals surface area contributed by atoms with Crippen LogP contribution in [0.4, 0.5) is 0 Å². The van der Waals surface area contributed by atoms with Crippen LogP contribution in [0.1, 0.15) is 51.1 Å². The van der Waals surface area contributed by atoms with Gasteiger partial charge in [0.25, 0.3) is 0 Å². The zero-order valence-corrected chi connectivity index (χ0v) is 13.8. The third kappa shape index (κ3) is 3.58. The number of piperidine rings is 1. The molecule has 1 aliphatic heterocycles. The van der Waals surface area contributed by atoms with Crippen LogP contribution in [0.3, 0.4) is 0 Å². The molecule has 1 aliphatic rings. The highest BCUT2D eigenvalue weighted by molar-refractivity contribution is 5.30. The van der Waals surface area contributed by atoms with Crippen LogP contribution in [0, 0.1) is 5.41 Å². The molecule has 0 spiro atoms. The molecule has 1 unspecified atom stereocenters. The lowest BCUT2D eigenvalue weighted by atomic mass is 9.74. The second-order valence-electron chi connectivity index (χ2n) is 6.27. The summed E-state index contributed by atoms with van der Waals surface area (Å²) in [6, 6.07) is 8.66. The maximum Gasteiger partial charge on any atom is 0.119 e. The minimum atomic E-state index is 0.312. The Morgan fingerprint density at radius 1 is 1.24 bits per heavy atom. The first-order valence-corrected chi connectivity index (χ1v) is 8.26. The quantitative estimate of drug-likeness (QED) is 0.870. The summed E-state index contributed by atoms with van der Waals surface area (Å²) in [5, 5.41) is 0. The molecule has 0 saturated carbocycles. The fourth-order valence-electron chi connectivity index (χ4n) is 3.61. The van der Waals surface area contributed by atoms with Gasteiger partial charge in [0, 0.05) is 12.6 Å². The molecule has 1 saturated heterocycles. The van der Waals surface area contributed by atoms with Gasteiger partial charge in [-0.05, 0) is 49.0 Å². The third-order valence-corrected chi connectivity index (χ3v) is 5.50. The highest BCUT2D eigenvalue weighted by Crippen LogP contribution is 2.40. The van der Waals surface area contributed by atoms with Crippen molar-refractivity contribution in [2.45, 2.75) is 45.6 Å². The molecule has 3 nitrogen and oxygen atoms in total. The van der Waals surface area contributed by atoms with Gasteiger partial charge in [-0.3, -0.25) is 4.90 Å². The van der Waals surface area contributed by atoms with E-state index in [1.54, 1.807) is 7.11 Å². The number of nitrogens with two attached hydrogens (primary N) is 1. The lowest BCUT2D eigenvalue weighted by Crippen LogP contribution is -2.43. The highest BCUT2D eigenvalue weighted by atomic mass is 16.5. The summed E-state index contributed by atoms with van der Waals surface area (Å²) >= 11 is 0. The molecule has 21 heavy (non-hydrogen) atoms. The Bertz CT molecular complexity index is 433. The van der Waals surface area contributed by atoms with E-state index in [0.717, 1.165) is 18.8 Å². The maximum atomic E-state index is 6.08. The predicted octanol–water partition coefficient (Wildman–Crippen LogP) is 3.60. The summed E-state index contributed by atoms with van der Waals surface area (Å²) in [5.74, 6) is 0.916. The van der Waals surface area contributed by atoms with E-state index in [9.17, 15) is 0 Å². The van der Waals surface area contributed by atoms with Gasteiger partial charge in [0.1, 0.15) is 5.75 Å². The molecule has 0 aliphatic carbocycles. The van der Waals surface area contributed by atoms with Crippen molar-refractivity contribution in [1.82, 2.24) is 4.90 Å². The van der Waals surface area contributed by atoms with E-state index in [4.69, 9.17) is 10.5 Å². The van der Waals surface area contributed by atoms with Gasteiger partial charge in [-0.2, -0.15) is 0 Å². The Morgan fingerprint density at radius 2 is 1.90 bits per heavy atom. The van der Waals surface area contributed by atoms with Crippen LogP contribution in [0.15, 0.2) is 24.3 Å². The number of hydrogen-bond donors (Lipinski definition) is 1. The molecular weight excluding hydrogens is 260 g/mol. The lowest BCUT2D eigenvalue weighted by Gasteiger charge is -2.44. The molecule has 0 aromatic heterocycles. The fourth-order valence-corrected chi connectivity index (χ4v) is 3.61. The average Bonchev–Trinajstić information content (AvgIpc) is 2.56. The predicted molar refractivity (Wildman–Crippen MR) is 88.6 cm³/mol. The Balaban J connectivity index is 2.09. The van der Waals surface area contributed by atoms with Crippen molar-refractivity contribution in [3.63, 3.8) is 0 Å². The first kappa shape index (κ1) is 16.3. The van der Waals surface area contributed by atoms with Crippen molar-refractivity contribution in [3.8, 4) is 5.75 Å². The average molecular weight is 290 g/mol. The van der Waals surface area contributed by atoms with Crippen LogP contribution >= 0.6 is 0 Å². The molecule has 1 heterocycles. The van der Waals surface area contributed by atoms with E-state index >= 15 is 0 Å². The van der Waals surface area contributed by atoms with Crippen LogP contribution in [0.2, 0.25) is 0 Å². The molecule has 0 amide bonds. The number of ether oxygens (including phenoxy) is 1. The second kappa shape index (κ2) is 7.28. The fraction of sp³-hybridized carbons (Fsp3) is 0.667. The summed E-state index contributed by atoms with van der Waals surface area (Å²) in [7, 11) is 1.72. The van der Waals surface area contributed by atoms with Crippen molar-refractivity contribution < 1.29 is 4.74 Å². The van der Waals surface area contributed by atoms with Gasteiger partial charge in [-0.1, -0.05) is 38.8 Å². The van der Waals surface area contributed by atoms with E-state index in [0.29, 0.717) is 18.0 Å². The van der Waals surface area contributed by atoms with Crippen molar-refractivity contribution in [1.29, 1.82) is 0 Å². The van der Waals surface area contributed by atoms with E-state index in [-0.39, 0.29) is 0 Å². The number of nitrogens with zero attached hydrogens (tertiary/aromatic N) is 1. The number of methoxy groups -OCH3 is 1. The van der Waals surface area contributed by atoms with Gasteiger partial charge in [0.2, 0.25) is 0 Å². The number of benzene rings is 1. The van der Waals surface area contributed by atoms with E-state index in [2.05, 4.69) is 36.9 Å². The molecular formula is C18H30N2O. The minimum absolute atomic E-state index is 0.312. The molecule has 1 aromatic rings. The SMILES string of the molecule is CCC1(CC)CCN(C(CN)c2cccc(OC)c2)CC1. The molecule has 2 N–H and O–H groups in total. The van der Waals surface area contributed by atoms with E-state index in [1.807, 2.05) is 6.07 Å². The molecule has 3 heteroatoms. The van der Waals surface area contributed by atoms with Gasteiger partial charge in [0.05, 0.1) is 7.11 Å². The first-order valence-electron chi connectivity index (χ1n) is 8.26. The topological polar surface area (TPSA) is 38.5 Å². The molecule has 0 bridgehead atoms. The van der Waals surface area contributed by atoms with Crippen LogP contribution in [-0.4, -0.2) is 31.6 Å². The van der Waals surface area contributed by atoms with Gasteiger partial charge < -0.3 is 10.5 Å². The number of rotatable bonds is 6. The Hall–Kier alpha value is -1.06. The second-order valence-corrected chi connectivity index (χ2v) is 6.27. The third-order valence-electron chi connectivity index (χ3n) is 5.50. The molecule has 118 valence electrons. The molecule has 2 rings (SSSR count). The van der Waals surface area contributed by atoms with Gasteiger partial charge in [0.15, 0.2) is 0 Å².